The summed E-state index contributed by atoms with van der Waals surface area (Å²) in [5.74, 6) is 0. The quantitative estimate of drug-likeness (QED) is 0.920. The van der Waals surface area contributed by atoms with E-state index in [1.54, 1.807) is 11.3 Å². The molecule has 2 heterocycles. The molecule has 0 bridgehead atoms. The molecule has 1 fully saturated rings. The number of ether oxygens (including phenoxy) is 1. The molecule has 19 heavy (non-hydrogen) atoms. The van der Waals surface area contributed by atoms with Gasteiger partial charge < -0.3 is 10.1 Å². The summed E-state index contributed by atoms with van der Waals surface area (Å²) in [6.45, 7) is 1.67. The van der Waals surface area contributed by atoms with Gasteiger partial charge in [0.2, 0.25) is 0 Å². The van der Waals surface area contributed by atoms with Crippen LogP contribution in [0.4, 0.5) is 0 Å². The fourth-order valence-corrected chi connectivity index (χ4v) is 3.81. The van der Waals surface area contributed by atoms with Crippen LogP contribution in [0, 0.1) is 0 Å². The topological polar surface area (TPSA) is 21.3 Å². The first kappa shape index (κ1) is 13.3. The molecule has 2 nitrogen and oxygen atoms in total. The third-order valence-electron chi connectivity index (χ3n) is 3.33. The van der Waals surface area contributed by atoms with Gasteiger partial charge in [0, 0.05) is 17.5 Å². The van der Waals surface area contributed by atoms with Crippen molar-refractivity contribution in [2.45, 2.75) is 18.6 Å². The highest BCUT2D eigenvalue weighted by Gasteiger charge is 2.23. The second-order valence-electron chi connectivity index (χ2n) is 4.76. The van der Waals surface area contributed by atoms with Gasteiger partial charge in [0.05, 0.1) is 10.4 Å². The molecule has 1 aliphatic rings. The summed E-state index contributed by atoms with van der Waals surface area (Å²) in [7, 11) is 0. The maximum absolute atomic E-state index is 5.99. The Labute approximate surface area is 125 Å². The number of nitrogens with one attached hydrogen (secondary N) is 1. The zero-order valence-electron chi connectivity index (χ0n) is 10.5. The molecule has 2 atom stereocenters. The van der Waals surface area contributed by atoms with Gasteiger partial charge in [0.1, 0.15) is 6.10 Å². The van der Waals surface area contributed by atoms with Gasteiger partial charge in [0.25, 0.3) is 0 Å². The van der Waals surface area contributed by atoms with Crippen LogP contribution in [0.15, 0.2) is 46.3 Å². The van der Waals surface area contributed by atoms with E-state index in [-0.39, 0.29) is 6.10 Å². The molecule has 0 radical (unpaired) electrons. The lowest BCUT2D eigenvalue weighted by atomic mass is 10.1. The number of hydrogen-bond donors (Lipinski definition) is 1. The number of hydrogen-bond acceptors (Lipinski definition) is 3. The largest absolute Gasteiger partial charge is 0.370 e. The average molecular weight is 338 g/mol. The summed E-state index contributed by atoms with van der Waals surface area (Å²) in [4.78, 5) is 1.29. The van der Waals surface area contributed by atoms with E-state index < -0.39 is 0 Å². The fourth-order valence-electron chi connectivity index (χ4n) is 2.34. The second-order valence-corrected chi connectivity index (χ2v) is 7.25. The van der Waals surface area contributed by atoms with Crippen LogP contribution in [0.3, 0.4) is 0 Å². The summed E-state index contributed by atoms with van der Waals surface area (Å²) in [6.07, 6.45) is 1.23. The molecule has 1 aliphatic heterocycles. The predicted octanol–water partition coefficient (Wildman–Crippen LogP) is 3.78. The van der Waals surface area contributed by atoms with E-state index in [1.807, 2.05) is 0 Å². The summed E-state index contributed by atoms with van der Waals surface area (Å²) in [5, 5.41) is 3.59. The summed E-state index contributed by atoms with van der Waals surface area (Å²) >= 11 is 5.25. The van der Waals surface area contributed by atoms with Crippen molar-refractivity contribution in [3.63, 3.8) is 0 Å². The van der Waals surface area contributed by atoms with E-state index >= 15 is 0 Å². The highest BCUT2D eigenvalue weighted by atomic mass is 79.9. The monoisotopic (exact) mass is 337 g/mol. The molecular weight excluding hydrogens is 322 g/mol. The minimum Gasteiger partial charge on any atom is -0.370 e. The Morgan fingerprint density at radius 2 is 2.05 bits per heavy atom. The summed E-state index contributed by atoms with van der Waals surface area (Å²) in [5.41, 5.74) is 1.36. The molecule has 0 saturated carbocycles. The standard InChI is InChI=1S/C15H16BrNOS/c16-15-7-6-14(19-15)13-9-17-12(10-18-13)8-11-4-2-1-3-5-11/h1-7,12-13,17H,8-10H2. The van der Waals surface area contributed by atoms with Crippen molar-refractivity contribution in [1.29, 1.82) is 0 Å². The molecule has 100 valence electrons. The molecule has 4 heteroatoms. The summed E-state index contributed by atoms with van der Waals surface area (Å²) in [6, 6.07) is 15.2. The van der Waals surface area contributed by atoms with Gasteiger partial charge >= 0.3 is 0 Å². The lowest BCUT2D eigenvalue weighted by Crippen LogP contribution is -2.43. The molecule has 3 rings (SSSR count). The smallest absolute Gasteiger partial charge is 0.104 e. The normalized spacial score (nSPS) is 23.4. The first-order valence-electron chi connectivity index (χ1n) is 6.45. The molecule has 1 saturated heterocycles. The molecule has 1 aromatic heterocycles. The molecule has 0 aliphatic carbocycles. The van der Waals surface area contributed by atoms with Crippen molar-refractivity contribution in [2.24, 2.45) is 0 Å². The van der Waals surface area contributed by atoms with Crippen LogP contribution in [0.25, 0.3) is 0 Å². The number of morpholine rings is 1. The Kier molecular flexibility index (Phi) is 4.33. The third kappa shape index (κ3) is 3.45. The van der Waals surface area contributed by atoms with Crippen LogP contribution in [0.2, 0.25) is 0 Å². The molecule has 1 aromatic carbocycles. The molecular formula is C15H16BrNOS. The van der Waals surface area contributed by atoms with E-state index in [2.05, 4.69) is 63.7 Å². The molecule has 2 unspecified atom stereocenters. The average Bonchev–Trinajstić information content (AvgIpc) is 2.87. The fraction of sp³-hybridized carbons (Fsp3) is 0.333. The highest BCUT2D eigenvalue weighted by molar-refractivity contribution is 9.11. The molecule has 0 amide bonds. The first-order valence-corrected chi connectivity index (χ1v) is 8.06. The lowest BCUT2D eigenvalue weighted by molar-refractivity contribution is 0.00509. The van der Waals surface area contributed by atoms with Gasteiger partial charge in [-0.05, 0) is 40.0 Å². The van der Waals surface area contributed by atoms with Crippen LogP contribution in [0.5, 0.6) is 0 Å². The van der Waals surface area contributed by atoms with Crippen LogP contribution in [-0.2, 0) is 11.2 Å². The van der Waals surface area contributed by atoms with Crippen LogP contribution in [-0.4, -0.2) is 19.2 Å². The first-order chi connectivity index (χ1) is 9.31. The highest BCUT2D eigenvalue weighted by Crippen LogP contribution is 2.30. The Morgan fingerprint density at radius 1 is 1.21 bits per heavy atom. The Balaban J connectivity index is 1.55. The van der Waals surface area contributed by atoms with Gasteiger partial charge in [-0.1, -0.05) is 30.3 Å². The number of halogens is 1. The molecule has 0 spiro atoms. The lowest BCUT2D eigenvalue weighted by Gasteiger charge is -2.30. The van der Waals surface area contributed by atoms with E-state index in [4.69, 9.17) is 4.74 Å². The number of thiophene rings is 1. The Bertz CT molecular complexity index is 520. The van der Waals surface area contributed by atoms with Gasteiger partial charge in [-0.2, -0.15) is 0 Å². The van der Waals surface area contributed by atoms with Crippen molar-refractivity contribution in [3.05, 3.63) is 56.7 Å². The van der Waals surface area contributed by atoms with Crippen LogP contribution >= 0.6 is 27.3 Å². The van der Waals surface area contributed by atoms with Crippen molar-refractivity contribution in [3.8, 4) is 0 Å². The Morgan fingerprint density at radius 3 is 2.68 bits per heavy atom. The zero-order valence-corrected chi connectivity index (χ0v) is 12.9. The summed E-state index contributed by atoms with van der Waals surface area (Å²) < 4.78 is 7.15. The van der Waals surface area contributed by atoms with Crippen molar-refractivity contribution in [1.82, 2.24) is 5.32 Å². The molecule has 2 aromatic rings. The number of rotatable bonds is 3. The molecule has 1 N–H and O–H groups in total. The van der Waals surface area contributed by atoms with E-state index in [9.17, 15) is 0 Å². The zero-order chi connectivity index (χ0) is 13.1. The maximum Gasteiger partial charge on any atom is 0.104 e. The van der Waals surface area contributed by atoms with Gasteiger partial charge in [-0.3, -0.25) is 0 Å². The third-order valence-corrected chi connectivity index (χ3v) is 5.04. The maximum atomic E-state index is 5.99. The van der Waals surface area contributed by atoms with Gasteiger partial charge in [-0.25, -0.2) is 0 Å². The van der Waals surface area contributed by atoms with E-state index in [1.165, 1.54) is 10.4 Å². The minimum absolute atomic E-state index is 0.198. The van der Waals surface area contributed by atoms with Crippen LogP contribution < -0.4 is 5.32 Å². The number of benzene rings is 1. The predicted molar refractivity (Wildman–Crippen MR) is 82.6 cm³/mol. The van der Waals surface area contributed by atoms with Crippen LogP contribution in [0.1, 0.15) is 16.5 Å². The van der Waals surface area contributed by atoms with Gasteiger partial charge in [0.15, 0.2) is 0 Å². The second kappa shape index (κ2) is 6.18. The van der Waals surface area contributed by atoms with Crippen molar-refractivity contribution < 1.29 is 4.74 Å². The van der Waals surface area contributed by atoms with E-state index in [0.29, 0.717) is 6.04 Å². The van der Waals surface area contributed by atoms with Gasteiger partial charge in [-0.15, -0.1) is 11.3 Å². The Hall–Kier alpha value is -0.680. The SMILES string of the molecule is Brc1ccc(C2CNC(Cc3ccccc3)CO2)s1. The van der Waals surface area contributed by atoms with E-state index in [0.717, 1.165) is 23.4 Å². The van der Waals surface area contributed by atoms with Crippen molar-refractivity contribution >= 4 is 27.3 Å². The minimum atomic E-state index is 0.198. The van der Waals surface area contributed by atoms with Crippen molar-refractivity contribution in [2.75, 3.05) is 13.2 Å².